The third kappa shape index (κ3) is 1.38. The van der Waals surface area contributed by atoms with E-state index in [1.54, 1.807) is 19.2 Å². The zero-order valence-electron chi connectivity index (χ0n) is 8.22. The van der Waals surface area contributed by atoms with Gasteiger partial charge in [-0.25, -0.2) is 4.39 Å². The Morgan fingerprint density at radius 3 is 2.71 bits per heavy atom. The monoisotopic (exact) mass is 195 g/mol. The zero-order chi connectivity index (χ0) is 10.2. The molecule has 2 nitrogen and oxygen atoms in total. The molecular weight excluding hydrogens is 181 g/mol. The van der Waals surface area contributed by atoms with Crippen LogP contribution in [0, 0.1) is 5.82 Å². The maximum atomic E-state index is 13.1. The van der Waals surface area contributed by atoms with Gasteiger partial charge in [-0.1, -0.05) is 0 Å². The van der Waals surface area contributed by atoms with Gasteiger partial charge in [0.05, 0.1) is 7.11 Å². The first kappa shape index (κ1) is 9.46. The van der Waals surface area contributed by atoms with E-state index in [2.05, 4.69) is 0 Å². The lowest BCUT2D eigenvalue weighted by Gasteiger charge is -2.16. The van der Waals surface area contributed by atoms with Crippen molar-refractivity contribution in [1.82, 2.24) is 0 Å². The van der Waals surface area contributed by atoms with E-state index in [1.807, 2.05) is 0 Å². The van der Waals surface area contributed by atoms with E-state index >= 15 is 0 Å². The highest BCUT2D eigenvalue weighted by Gasteiger charge is 2.44. The summed E-state index contributed by atoms with van der Waals surface area (Å²) in [6.45, 7) is 0.562. The third-order valence-corrected chi connectivity index (χ3v) is 2.98. The maximum absolute atomic E-state index is 13.1. The Bertz CT molecular complexity index is 347. The molecule has 0 spiro atoms. The minimum Gasteiger partial charge on any atom is -0.496 e. The molecule has 1 saturated carbocycles. The van der Waals surface area contributed by atoms with Crippen molar-refractivity contribution in [2.75, 3.05) is 13.7 Å². The molecule has 1 fully saturated rings. The Labute approximate surface area is 82.9 Å². The summed E-state index contributed by atoms with van der Waals surface area (Å²) in [4.78, 5) is 0. The van der Waals surface area contributed by atoms with Crippen LogP contribution in [0.5, 0.6) is 5.75 Å². The van der Waals surface area contributed by atoms with Gasteiger partial charge in [-0.2, -0.15) is 0 Å². The predicted octanol–water partition coefficient (Wildman–Crippen LogP) is 1.82. The molecule has 2 N–H and O–H groups in total. The van der Waals surface area contributed by atoms with E-state index in [-0.39, 0.29) is 11.2 Å². The van der Waals surface area contributed by atoms with Crippen molar-refractivity contribution in [1.29, 1.82) is 0 Å². The van der Waals surface area contributed by atoms with Crippen LogP contribution in [-0.4, -0.2) is 13.7 Å². The highest BCUT2D eigenvalue weighted by atomic mass is 19.1. The van der Waals surface area contributed by atoms with Crippen LogP contribution in [0.15, 0.2) is 18.2 Å². The number of nitrogens with two attached hydrogens (primary N) is 1. The van der Waals surface area contributed by atoms with Crippen LogP contribution in [0.25, 0.3) is 0 Å². The Hall–Kier alpha value is -1.09. The molecule has 14 heavy (non-hydrogen) atoms. The van der Waals surface area contributed by atoms with E-state index in [9.17, 15) is 4.39 Å². The molecule has 0 saturated heterocycles. The summed E-state index contributed by atoms with van der Waals surface area (Å²) in [5, 5.41) is 0. The smallest absolute Gasteiger partial charge is 0.123 e. The van der Waals surface area contributed by atoms with E-state index in [0.717, 1.165) is 24.2 Å². The van der Waals surface area contributed by atoms with Gasteiger partial charge in [0.15, 0.2) is 0 Å². The SMILES string of the molecule is COc1ccc(F)cc1C1(CN)CC1. The van der Waals surface area contributed by atoms with E-state index in [4.69, 9.17) is 10.5 Å². The molecule has 0 heterocycles. The van der Waals surface area contributed by atoms with Crippen LogP contribution in [-0.2, 0) is 5.41 Å². The first-order valence-corrected chi connectivity index (χ1v) is 4.76. The van der Waals surface area contributed by atoms with Gasteiger partial charge >= 0.3 is 0 Å². The summed E-state index contributed by atoms with van der Waals surface area (Å²) in [7, 11) is 1.60. The third-order valence-electron chi connectivity index (χ3n) is 2.98. The molecule has 1 aliphatic rings. The minimum atomic E-state index is -0.222. The fraction of sp³-hybridized carbons (Fsp3) is 0.455. The van der Waals surface area contributed by atoms with Crippen molar-refractivity contribution in [3.05, 3.63) is 29.6 Å². The Kier molecular flexibility index (Phi) is 2.19. The van der Waals surface area contributed by atoms with Crippen molar-refractivity contribution in [2.24, 2.45) is 5.73 Å². The average molecular weight is 195 g/mol. The largest absolute Gasteiger partial charge is 0.496 e. The van der Waals surface area contributed by atoms with Crippen molar-refractivity contribution in [2.45, 2.75) is 18.3 Å². The van der Waals surface area contributed by atoms with Crippen molar-refractivity contribution in [3.8, 4) is 5.75 Å². The van der Waals surface area contributed by atoms with Gasteiger partial charge in [0.25, 0.3) is 0 Å². The van der Waals surface area contributed by atoms with Crippen molar-refractivity contribution < 1.29 is 9.13 Å². The lowest BCUT2D eigenvalue weighted by Crippen LogP contribution is -2.20. The predicted molar refractivity (Wildman–Crippen MR) is 52.9 cm³/mol. The molecule has 0 aromatic heterocycles. The van der Waals surface area contributed by atoms with E-state index < -0.39 is 0 Å². The fourth-order valence-electron chi connectivity index (χ4n) is 1.83. The second-order valence-electron chi connectivity index (χ2n) is 3.83. The van der Waals surface area contributed by atoms with Gasteiger partial charge in [0.2, 0.25) is 0 Å². The molecular formula is C11H14FNO. The summed E-state index contributed by atoms with van der Waals surface area (Å²) in [5.74, 6) is 0.523. The molecule has 0 amide bonds. The molecule has 3 heteroatoms. The number of rotatable bonds is 3. The zero-order valence-corrected chi connectivity index (χ0v) is 8.22. The number of halogens is 1. The van der Waals surface area contributed by atoms with Crippen LogP contribution in [0.3, 0.4) is 0 Å². The second-order valence-corrected chi connectivity index (χ2v) is 3.83. The Balaban J connectivity index is 2.44. The first-order chi connectivity index (χ1) is 6.72. The van der Waals surface area contributed by atoms with Gasteiger partial charge in [0, 0.05) is 17.5 Å². The summed E-state index contributed by atoms with van der Waals surface area (Å²) >= 11 is 0. The van der Waals surface area contributed by atoms with Crippen LogP contribution < -0.4 is 10.5 Å². The summed E-state index contributed by atoms with van der Waals surface area (Å²) in [6.07, 6.45) is 2.06. The number of ether oxygens (including phenoxy) is 1. The van der Waals surface area contributed by atoms with Gasteiger partial charge in [0.1, 0.15) is 11.6 Å². The molecule has 0 atom stereocenters. The number of benzene rings is 1. The molecule has 0 aliphatic heterocycles. The molecule has 0 unspecified atom stereocenters. The molecule has 1 aliphatic carbocycles. The topological polar surface area (TPSA) is 35.2 Å². The van der Waals surface area contributed by atoms with Crippen LogP contribution in [0.1, 0.15) is 18.4 Å². The Morgan fingerprint density at radius 2 is 2.21 bits per heavy atom. The highest BCUT2D eigenvalue weighted by molar-refractivity contribution is 5.43. The van der Waals surface area contributed by atoms with Crippen molar-refractivity contribution >= 4 is 0 Å². The molecule has 0 radical (unpaired) electrons. The summed E-state index contributed by atoms with van der Waals surface area (Å²) in [6, 6.07) is 4.62. The summed E-state index contributed by atoms with van der Waals surface area (Å²) < 4.78 is 18.3. The van der Waals surface area contributed by atoms with Gasteiger partial charge in [-0.3, -0.25) is 0 Å². The maximum Gasteiger partial charge on any atom is 0.123 e. The fourth-order valence-corrected chi connectivity index (χ4v) is 1.83. The van der Waals surface area contributed by atoms with Gasteiger partial charge in [-0.05, 0) is 31.0 Å². The standard InChI is InChI=1S/C11H14FNO/c1-14-10-3-2-8(12)6-9(10)11(7-13)4-5-11/h2-3,6H,4-5,7,13H2,1H3. The number of hydrogen-bond donors (Lipinski definition) is 1. The highest BCUT2D eigenvalue weighted by Crippen LogP contribution is 2.50. The first-order valence-electron chi connectivity index (χ1n) is 4.76. The number of hydrogen-bond acceptors (Lipinski definition) is 2. The lowest BCUT2D eigenvalue weighted by atomic mass is 9.95. The van der Waals surface area contributed by atoms with Crippen LogP contribution in [0.2, 0.25) is 0 Å². The minimum absolute atomic E-state index is 0.0204. The van der Waals surface area contributed by atoms with Crippen LogP contribution >= 0.6 is 0 Å². The van der Waals surface area contributed by atoms with Gasteiger partial charge in [-0.15, -0.1) is 0 Å². The van der Waals surface area contributed by atoms with Crippen molar-refractivity contribution in [3.63, 3.8) is 0 Å². The average Bonchev–Trinajstić information content (AvgIpc) is 2.98. The van der Waals surface area contributed by atoms with Crippen LogP contribution in [0.4, 0.5) is 4.39 Å². The van der Waals surface area contributed by atoms with Gasteiger partial charge < -0.3 is 10.5 Å². The Morgan fingerprint density at radius 1 is 1.50 bits per heavy atom. The van der Waals surface area contributed by atoms with E-state index in [0.29, 0.717) is 6.54 Å². The molecule has 2 rings (SSSR count). The number of methoxy groups -OCH3 is 1. The van der Waals surface area contributed by atoms with E-state index in [1.165, 1.54) is 6.07 Å². The lowest BCUT2D eigenvalue weighted by molar-refractivity contribution is 0.402. The quantitative estimate of drug-likeness (QED) is 0.798. The molecule has 76 valence electrons. The molecule has 1 aromatic carbocycles. The second kappa shape index (κ2) is 3.24. The summed E-state index contributed by atoms with van der Waals surface area (Å²) in [5.41, 5.74) is 6.60. The molecule has 0 bridgehead atoms. The molecule has 1 aromatic rings. The normalized spacial score (nSPS) is 17.9.